The molecular weight excluding hydrogens is 564 g/mol. The Morgan fingerprint density at radius 1 is 1.05 bits per heavy atom. The number of allylic oxidation sites excluding steroid dienone is 5. The van der Waals surface area contributed by atoms with Gasteiger partial charge in [-0.05, 0) is 38.2 Å². The highest BCUT2D eigenvalue weighted by Gasteiger charge is 2.51. The minimum atomic E-state index is -1.80. The second-order valence-corrected chi connectivity index (χ2v) is 13.6. The molecule has 0 saturated carbocycles. The van der Waals surface area contributed by atoms with E-state index >= 15 is 0 Å². The number of hydrogen-bond acceptors (Lipinski definition) is 9. The van der Waals surface area contributed by atoms with Gasteiger partial charge in [-0.25, -0.2) is 4.79 Å². The van der Waals surface area contributed by atoms with E-state index in [1.807, 2.05) is 66.7 Å². The Balaban J connectivity index is 2.52. The maximum Gasteiger partial charge on any atom is 0.373 e. The third-order valence-electron chi connectivity index (χ3n) is 9.50. The number of cyclic esters (lactones) is 1. The first-order chi connectivity index (χ1) is 20.5. The minimum Gasteiger partial charge on any atom is -0.490 e. The van der Waals surface area contributed by atoms with Crippen LogP contribution in [0.25, 0.3) is 0 Å². The predicted molar refractivity (Wildman–Crippen MR) is 170 cm³/mol. The number of rotatable bonds is 7. The van der Waals surface area contributed by atoms with Gasteiger partial charge in [0.1, 0.15) is 12.2 Å². The van der Waals surface area contributed by atoms with Gasteiger partial charge in [0.25, 0.3) is 0 Å². The largest absolute Gasteiger partial charge is 0.490 e. The quantitative estimate of drug-likeness (QED) is 0.298. The standard InChI is InChI=1S/C35H58O9/c1-19(2)32-24(7)27(36)18-35(40,44-32)26(9)31(38)25(8)33-28(41-10)14-12-13-20(3)15-22(5)30(37)23(6)16-21(4)17-29(42-11)34(39)43-33/h12-14,16-17,19,22-28,30-33,36-38,40H,15,18H2,1-11H3/b14-12+,20-13+,21-16+,29-17-. The summed E-state index contributed by atoms with van der Waals surface area (Å²) >= 11 is 0. The summed E-state index contributed by atoms with van der Waals surface area (Å²) in [5.74, 6) is -4.49. The van der Waals surface area contributed by atoms with Gasteiger partial charge in [-0.1, -0.05) is 83.9 Å². The van der Waals surface area contributed by atoms with Crippen molar-refractivity contribution in [3.8, 4) is 0 Å². The van der Waals surface area contributed by atoms with Crippen LogP contribution < -0.4 is 0 Å². The van der Waals surface area contributed by atoms with Crippen molar-refractivity contribution in [1.82, 2.24) is 0 Å². The van der Waals surface area contributed by atoms with Gasteiger partial charge >= 0.3 is 5.97 Å². The number of esters is 1. The van der Waals surface area contributed by atoms with Crippen LogP contribution >= 0.6 is 0 Å². The highest BCUT2D eigenvalue weighted by molar-refractivity contribution is 5.87. The zero-order valence-electron chi connectivity index (χ0n) is 28.6. The van der Waals surface area contributed by atoms with Gasteiger partial charge in [-0.15, -0.1) is 0 Å². The molecule has 0 aromatic heterocycles. The number of carbonyl (C=O) groups is 1. The number of ether oxygens (including phenoxy) is 4. The lowest BCUT2D eigenvalue weighted by Gasteiger charge is -2.49. The summed E-state index contributed by atoms with van der Waals surface area (Å²) in [6.07, 6.45) is 4.85. The van der Waals surface area contributed by atoms with E-state index in [2.05, 4.69) is 0 Å². The van der Waals surface area contributed by atoms with Crippen molar-refractivity contribution in [3.05, 3.63) is 47.3 Å². The molecule has 252 valence electrons. The lowest BCUT2D eigenvalue weighted by atomic mass is 9.76. The molecule has 0 amide bonds. The van der Waals surface area contributed by atoms with E-state index in [1.54, 1.807) is 26.0 Å². The first kappa shape index (κ1) is 38.2. The summed E-state index contributed by atoms with van der Waals surface area (Å²) in [7, 11) is 2.87. The average molecular weight is 623 g/mol. The summed E-state index contributed by atoms with van der Waals surface area (Å²) < 4.78 is 23.4. The molecular formula is C35H58O9. The van der Waals surface area contributed by atoms with Crippen molar-refractivity contribution in [2.75, 3.05) is 14.2 Å². The molecule has 0 radical (unpaired) electrons. The topological polar surface area (TPSA) is 135 Å². The number of aliphatic hydroxyl groups excluding tert-OH is 3. The maximum absolute atomic E-state index is 13.5. The maximum atomic E-state index is 13.5. The van der Waals surface area contributed by atoms with Gasteiger partial charge in [0.05, 0.1) is 31.5 Å². The number of carbonyl (C=O) groups excluding carboxylic acids is 1. The Bertz CT molecular complexity index is 1060. The van der Waals surface area contributed by atoms with E-state index in [1.165, 1.54) is 14.2 Å². The molecule has 0 spiro atoms. The van der Waals surface area contributed by atoms with Gasteiger partial charge in [-0.2, -0.15) is 0 Å². The van der Waals surface area contributed by atoms with Crippen molar-refractivity contribution in [3.63, 3.8) is 0 Å². The van der Waals surface area contributed by atoms with E-state index in [0.717, 1.165) is 11.1 Å². The van der Waals surface area contributed by atoms with Crippen LogP contribution in [-0.2, 0) is 23.7 Å². The summed E-state index contributed by atoms with van der Waals surface area (Å²) in [6, 6.07) is 0. The molecule has 9 nitrogen and oxygen atoms in total. The number of aliphatic hydroxyl groups is 4. The second-order valence-electron chi connectivity index (χ2n) is 13.6. The molecule has 0 bridgehead atoms. The predicted octanol–water partition coefficient (Wildman–Crippen LogP) is 4.69. The zero-order valence-corrected chi connectivity index (χ0v) is 28.6. The molecule has 44 heavy (non-hydrogen) atoms. The first-order valence-corrected chi connectivity index (χ1v) is 15.9. The van der Waals surface area contributed by atoms with Crippen molar-refractivity contribution in [2.45, 2.75) is 118 Å². The van der Waals surface area contributed by atoms with Crippen LogP contribution in [-0.4, -0.2) is 83.0 Å². The molecule has 2 heterocycles. The lowest BCUT2D eigenvalue weighted by molar-refractivity contribution is -0.328. The van der Waals surface area contributed by atoms with E-state index in [4.69, 9.17) is 18.9 Å². The second kappa shape index (κ2) is 16.5. The van der Waals surface area contributed by atoms with Crippen molar-refractivity contribution >= 4 is 5.97 Å². The van der Waals surface area contributed by atoms with Crippen LogP contribution in [0.4, 0.5) is 0 Å². The fraction of sp³-hybridized carbons (Fsp3) is 0.743. The Hall–Kier alpha value is -2.01. The molecule has 0 aromatic carbocycles. The zero-order chi connectivity index (χ0) is 33.5. The normalized spacial score (nSPS) is 41.2. The van der Waals surface area contributed by atoms with Crippen LogP contribution in [0.3, 0.4) is 0 Å². The lowest BCUT2D eigenvalue weighted by Crippen LogP contribution is -2.59. The van der Waals surface area contributed by atoms with Gasteiger partial charge in [0.15, 0.2) is 5.79 Å². The Morgan fingerprint density at radius 2 is 1.68 bits per heavy atom. The van der Waals surface area contributed by atoms with E-state index in [-0.39, 0.29) is 35.9 Å². The average Bonchev–Trinajstić information content (AvgIpc) is 2.96. The molecule has 12 atom stereocenters. The molecule has 12 unspecified atom stereocenters. The third-order valence-corrected chi connectivity index (χ3v) is 9.50. The molecule has 1 fully saturated rings. The summed E-state index contributed by atoms with van der Waals surface area (Å²) in [5.41, 5.74) is 1.78. The van der Waals surface area contributed by atoms with Gasteiger partial charge in [0, 0.05) is 37.2 Å². The van der Waals surface area contributed by atoms with Crippen molar-refractivity contribution in [1.29, 1.82) is 0 Å². The van der Waals surface area contributed by atoms with Crippen LogP contribution in [0.5, 0.6) is 0 Å². The molecule has 9 heteroatoms. The highest BCUT2D eigenvalue weighted by Crippen LogP contribution is 2.41. The SMILES string of the molecule is CO/C1=C\C(C)=C\C(C)C(O)C(C)C/C(C)=C/C=C/C(OC)C(C(C)C(O)C(C)C2(O)CC(O)C(C)C(C(C)C)O2)OC1=O. The molecule has 0 aromatic rings. The van der Waals surface area contributed by atoms with E-state index in [9.17, 15) is 25.2 Å². The van der Waals surface area contributed by atoms with E-state index in [0.29, 0.717) is 6.42 Å². The first-order valence-electron chi connectivity index (χ1n) is 15.9. The number of methoxy groups -OCH3 is 2. The van der Waals surface area contributed by atoms with Crippen LogP contribution in [0.2, 0.25) is 0 Å². The van der Waals surface area contributed by atoms with Gasteiger partial charge in [-0.3, -0.25) is 0 Å². The number of hydrogen-bond donors (Lipinski definition) is 4. The minimum absolute atomic E-state index is 0.00492. The van der Waals surface area contributed by atoms with E-state index < -0.39 is 60.2 Å². The fourth-order valence-corrected chi connectivity index (χ4v) is 6.54. The molecule has 1 saturated heterocycles. The smallest absolute Gasteiger partial charge is 0.373 e. The summed E-state index contributed by atoms with van der Waals surface area (Å²) in [4.78, 5) is 13.5. The Kier molecular flexibility index (Phi) is 14.3. The molecule has 2 aliphatic heterocycles. The van der Waals surface area contributed by atoms with Gasteiger partial charge in [0.2, 0.25) is 5.76 Å². The monoisotopic (exact) mass is 622 g/mol. The molecule has 2 aliphatic rings. The molecule has 0 aliphatic carbocycles. The van der Waals surface area contributed by atoms with Crippen molar-refractivity contribution < 1.29 is 44.2 Å². The van der Waals surface area contributed by atoms with Crippen LogP contribution in [0, 0.1) is 35.5 Å². The van der Waals surface area contributed by atoms with Gasteiger partial charge < -0.3 is 39.4 Å². The Morgan fingerprint density at radius 3 is 2.25 bits per heavy atom. The van der Waals surface area contributed by atoms with Crippen LogP contribution in [0.15, 0.2) is 47.3 Å². The summed E-state index contributed by atoms with van der Waals surface area (Å²) in [5, 5.41) is 45.0. The van der Waals surface area contributed by atoms with Crippen molar-refractivity contribution in [2.24, 2.45) is 35.5 Å². The Labute approximate surface area is 264 Å². The highest BCUT2D eigenvalue weighted by atomic mass is 16.6. The fourth-order valence-electron chi connectivity index (χ4n) is 6.54. The van der Waals surface area contributed by atoms with Crippen LogP contribution in [0.1, 0.15) is 75.2 Å². The molecule has 2 rings (SSSR count). The summed E-state index contributed by atoms with van der Waals surface area (Å²) in [6.45, 7) is 17.0. The third kappa shape index (κ3) is 9.50. The molecule has 4 N–H and O–H groups in total.